The fourth-order valence-corrected chi connectivity index (χ4v) is 1.06. The van der Waals surface area contributed by atoms with Gasteiger partial charge in [-0.3, -0.25) is 0 Å². The van der Waals surface area contributed by atoms with E-state index < -0.39 is 0 Å². The highest BCUT2D eigenvalue weighted by molar-refractivity contribution is 7.26. The molecule has 0 N–H and O–H groups in total. The molecule has 1 rings (SSSR count). The van der Waals surface area contributed by atoms with Crippen LogP contribution in [-0.2, 0) is 9.05 Å². The van der Waals surface area contributed by atoms with Gasteiger partial charge < -0.3 is 9.05 Å². The first-order valence-electron chi connectivity index (χ1n) is 3.88. The lowest BCUT2D eigenvalue weighted by Crippen LogP contribution is -1.89. The Kier molecular flexibility index (Phi) is 4.44. The van der Waals surface area contributed by atoms with Crippen LogP contribution in [0, 0.1) is 0 Å². The number of benzene rings is 1. The van der Waals surface area contributed by atoms with E-state index in [0.29, 0.717) is 5.90 Å². The van der Waals surface area contributed by atoms with Gasteiger partial charge in [0.15, 0.2) is 5.90 Å². The first-order valence-corrected chi connectivity index (χ1v) is 4.70. The fraction of sp³-hybridized carbons (Fsp3) is 0.222. The summed E-state index contributed by atoms with van der Waals surface area (Å²) in [5.41, 5.74) is 0.890. The van der Waals surface area contributed by atoms with Crippen LogP contribution in [0.3, 0.4) is 0 Å². The second-order valence-corrected chi connectivity index (χ2v) is 3.13. The van der Waals surface area contributed by atoms with Gasteiger partial charge in [-0.15, -0.1) is 0 Å². The standard InChI is InChI=1S/C9H12NO2P/c1-8(12-13-11-2)10-9-6-4-3-5-7-9/h3-7,13H,1-2H3. The van der Waals surface area contributed by atoms with E-state index in [1.54, 1.807) is 14.0 Å². The molecule has 0 saturated heterocycles. The molecule has 4 heteroatoms. The van der Waals surface area contributed by atoms with Crippen LogP contribution in [-0.4, -0.2) is 13.0 Å². The van der Waals surface area contributed by atoms with Crippen molar-refractivity contribution < 1.29 is 9.05 Å². The Morgan fingerprint density at radius 3 is 2.62 bits per heavy atom. The normalized spacial score (nSPS) is 12.3. The van der Waals surface area contributed by atoms with Gasteiger partial charge in [-0.1, -0.05) is 18.2 Å². The molecule has 0 aromatic heterocycles. The van der Waals surface area contributed by atoms with Crippen molar-refractivity contribution in [3.05, 3.63) is 30.3 Å². The average Bonchev–Trinajstić information content (AvgIpc) is 2.16. The topological polar surface area (TPSA) is 30.8 Å². The van der Waals surface area contributed by atoms with Crippen molar-refractivity contribution in [3.63, 3.8) is 0 Å². The minimum absolute atomic E-state index is 0.0161. The maximum Gasteiger partial charge on any atom is 0.216 e. The number of nitrogens with zero attached hydrogens (tertiary/aromatic N) is 1. The van der Waals surface area contributed by atoms with Crippen LogP contribution in [0.5, 0.6) is 0 Å². The molecule has 0 aliphatic heterocycles. The van der Waals surface area contributed by atoms with E-state index in [-0.39, 0.29) is 9.03 Å². The molecule has 13 heavy (non-hydrogen) atoms. The molecular weight excluding hydrogens is 185 g/mol. The highest BCUT2D eigenvalue weighted by atomic mass is 31.1. The molecule has 1 aromatic rings. The zero-order valence-electron chi connectivity index (χ0n) is 7.65. The van der Waals surface area contributed by atoms with E-state index >= 15 is 0 Å². The summed E-state index contributed by atoms with van der Waals surface area (Å²) in [6, 6.07) is 9.66. The van der Waals surface area contributed by atoms with Crippen LogP contribution in [0.1, 0.15) is 6.92 Å². The second kappa shape index (κ2) is 5.68. The maximum absolute atomic E-state index is 5.15. The van der Waals surface area contributed by atoms with Crippen LogP contribution in [0.2, 0.25) is 0 Å². The molecule has 0 amide bonds. The third kappa shape index (κ3) is 4.02. The van der Waals surface area contributed by atoms with E-state index in [0.717, 1.165) is 5.69 Å². The summed E-state index contributed by atoms with van der Waals surface area (Å²) in [7, 11) is 1.61. The van der Waals surface area contributed by atoms with E-state index in [1.807, 2.05) is 30.3 Å². The van der Waals surface area contributed by atoms with Crippen molar-refractivity contribution in [2.24, 2.45) is 4.99 Å². The summed E-state index contributed by atoms with van der Waals surface area (Å²) in [5, 5.41) is 0. The highest BCUT2D eigenvalue weighted by Crippen LogP contribution is 2.15. The van der Waals surface area contributed by atoms with E-state index in [9.17, 15) is 0 Å². The van der Waals surface area contributed by atoms with Gasteiger partial charge >= 0.3 is 0 Å². The minimum Gasteiger partial charge on any atom is -0.436 e. The number of hydrogen-bond acceptors (Lipinski definition) is 3. The molecule has 0 aliphatic rings. The molecule has 0 heterocycles. The Balaban J connectivity index is 2.55. The minimum atomic E-state index is 0.0161. The lowest BCUT2D eigenvalue weighted by Gasteiger charge is -2.01. The van der Waals surface area contributed by atoms with Gasteiger partial charge in [0.05, 0.1) is 5.69 Å². The number of rotatable bonds is 3. The van der Waals surface area contributed by atoms with E-state index in [4.69, 9.17) is 9.05 Å². The lowest BCUT2D eigenvalue weighted by atomic mass is 10.3. The molecule has 0 spiro atoms. The van der Waals surface area contributed by atoms with Gasteiger partial charge in [0.1, 0.15) is 0 Å². The molecular formula is C9H12NO2P. The van der Waals surface area contributed by atoms with Crippen LogP contribution >= 0.6 is 9.03 Å². The smallest absolute Gasteiger partial charge is 0.216 e. The van der Waals surface area contributed by atoms with Gasteiger partial charge in [0.2, 0.25) is 9.03 Å². The maximum atomic E-state index is 5.15. The Hall–Kier alpha value is -0.920. The first-order chi connectivity index (χ1) is 6.33. The van der Waals surface area contributed by atoms with Gasteiger partial charge in [-0.2, -0.15) is 0 Å². The molecule has 3 nitrogen and oxygen atoms in total. The Morgan fingerprint density at radius 2 is 2.00 bits per heavy atom. The van der Waals surface area contributed by atoms with Gasteiger partial charge in [0, 0.05) is 14.0 Å². The monoisotopic (exact) mass is 197 g/mol. The average molecular weight is 197 g/mol. The molecule has 1 aromatic carbocycles. The van der Waals surface area contributed by atoms with Crippen molar-refractivity contribution in [2.45, 2.75) is 6.92 Å². The molecule has 1 unspecified atom stereocenters. The lowest BCUT2D eigenvalue weighted by molar-refractivity contribution is 0.413. The zero-order chi connectivity index (χ0) is 9.52. The summed E-state index contributed by atoms with van der Waals surface area (Å²) in [5.74, 6) is 0.617. The van der Waals surface area contributed by atoms with Crippen LogP contribution in [0.25, 0.3) is 0 Å². The van der Waals surface area contributed by atoms with Crippen molar-refractivity contribution in [3.8, 4) is 0 Å². The first kappa shape index (κ1) is 10.2. The van der Waals surface area contributed by atoms with Gasteiger partial charge in [0.25, 0.3) is 0 Å². The predicted octanol–water partition coefficient (Wildman–Crippen LogP) is 2.91. The summed E-state index contributed by atoms with van der Waals surface area (Å²) in [6.07, 6.45) is 0. The molecule has 0 bridgehead atoms. The third-order valence-electron chi connectivity index (χ3n) is 1.32. The quantitative estimate of drug-likeness (QED) is 0.423. The van der Waals surface area contributed by atoms with Crippen molar-refractivity contribution in [2.75, 3.05) is 7.11 Å². The molecule has 0 saturated carbocycles. The Morgan fingerprint density at radius 1 is 1.31 bits per heavy atom. The van der Waals surface area contributed by atoms with Gasteiger partial charge in [-0.25, -0.2) is 4.99 Å². The number of hydrogen-bond donors (Lipinski definition) is 0. The second-order valence-electron chi connectivity index (χ2n) is 2.36. The summed E-state index contributed by atoms with van der Waals surface area (Å²) < 4.78 is 9.93. The fourth-order valence-electron chi connectivity index (χ4n) is 0.809. The molecule has 70 valence electrons. The van der Waals surface area contributed by atoms with Crippen molar-refractivity contribution in [1.82, 2.24) is 0 Å². The molecule has 1 atom stereocenters. The van der Waals surface area contributed by atoms with E-state index in [1.165, 1.54) is 0 Å². The number of aliphatic imine (C=N–C) groups is 1. The number of para-hydroxylation sites is 1. The largest absolute Gasteiger partial charge is 0.436 e. The highest BCUT2D eigenvalue weighted by Gasteiger charge is 1.91. The van der Waals surface area contributed by atoms with Gasteiger partial charge in [-0.05, 0) is 12.1 Å². The molecule has 0 fully saturated rings. The molecule has 0 radical (unpaired) electrons. The van der Waals surface area contributed by atoms with Crippen molar-refractivity contribution in [1.29, 1.82) is 0 Å². The van der Waals surface area contributed by atoms with Crippen LogP contribution in [0.15, 0.2) is 35.3 Å². The summed E-state index contributed by atoms with van der Waals surface area (Å²) >= 11 is 0. The Bertz CT molecular complexity index is 274. The summed E-state index contributed by atoms with van der Waals surface area (Å²) in [6.45, 7) is 1.80. The SMILES string of the molecule is COPOC(C)=Nc1ccccc1. The van der Waals surface area contributed by atoms with Crippen molar-refractivity contribution >= 4 is 20.6 Å². The van der Waals surface area contributed by atoms with Crippen LogP contribution in [0.4, 0.5) is 5.69 Å². The third-order valence-corrected chi connectivity index (χ3v) is 1.86. The summed E-state index contributed by atoms with van der Waals surface area (Å²) in [4.78, 5) is 4.22. The zero-order valence-corrected chi connectivity index (χ0v) is 8.65. The Labute approximate surface area is 79.7 Å². The predicted molar refractivity (Wildman–Crippen MR) is 55.6 cm³/mol. The van der Waals surface area contributed by atoms with E-state index in [2.05, 4.69) is 4.99 Å². The molecule has 0 aliphatic carbocycles. The van der Waals surface area contributed by atoms with Crippen LogP contribution < -0.4 is 0 Å².